The van der Waals surface area contributed by atoms with Gasteiger partial charge in [0.15, 0.2) is 0 Å². The lowest BCUT2D eigenvalue weighted by Gasteiger charge is -2.32. The van der Waals surface area contributed by atoms with Gasteiger partial charge in [0.25, 0.3) is 0 Å². The molecule has 4 rings (SSSR count). The Morgan fingerprint density at radius 2 is 1.85 bits per heavy atom. The van der Waals surface area contributed by atoms with E-state index in [0.29, 0.717) is 11.2 Å². The lowest BCUT2D eigenvalue weighted by atomic mass is 10.0. The Bertz CT molecular complexity index is 644. The molecular weight excluding hydrogens is 387 g/mol. The van der Waals surface area contributed by atoms with Crippen LogP contribution in [0.1, 0.15) is 31.7 Å². The fourth-order valence-corrected chi connectivity index (χ4v) is 4.44. The quantitative estimate of drug-likeness (QED) is 0.570. The van der Waals surface area contributed by atoms with E-state index in [-0.39, 0.29) is 0 Å². The van der Waals surface area contributed by atoms with Gasteiger partial charge in [0.2, 0.25) is 0 Å². The third kappa shape index (κ3) is 2.23. The summed E-state index contributed by atoms with van der Waals surface area (Å²) in [6.07, 6.45) is 8.96. The maximum Gasteiger partial charge on any atom is 0.146 e. The molecule has 0 spiro atoms. The van der Waals surface area contributed by atoms with E-state index in [1.807, 2.05) is 0 Å². The van der Waals surface area contributed by atoms with Crippen LogP contribution in [0.3, 0.4) is 0 Å². The molecule has 2 aromatic rings. The largest absolute Gasteiger partial charge is 0.328 e. The highest BCUT2D eigenvalue weighted by Gasteiger charge is 2.32. The maximum absolute atomic E-state index is 6.21. The van der Waals surface area contributed by atoms with Gasteiger partial charge in [0.1, 0.15) is 17.1 Å². The summed E-state index contributed by atoms with van der Waals surface area (Å²) >= 11 is 8.54. The van der Waals surface area contributed by atoms with Crippen LogP contribution in [0.25, 0.3) is 11.0 Å². The Balaban J connectivity index is 1.64. The molecule has 1 saturated carbocycles. The molecule has 0 amide bonds. The van der Waals surface area contributed by atoms with Crippen LogP contribution < -0.4 is 0 Å². The minimum atomic E-state index is 0.544. The summed E-state index contributed by atoms with van der Waals surface area (Å²) in [5.74, 6) is 0. The van der Waals surface area contributed by atoms with E-state index in [0.717, 1.165) is 20.6 Å². The topological polar surface area (TPSA) is 34.0 Å². The molecule has 0 aromatic carbocycles. The standard InChI is InChI=1S/C14H16ClIN4/c15-13-12-11(16)7-20(14(12)18-8-17-13)10-3-5-19(6-4-10)9-1-2-9/h7-10H,1-6H2. The minimum Gasteiger partial charge on any atom is -0.328 e. The van der Waals surface area contributed by atoms with Crippen molar-refractivity contribution < 1.29 is 0 Å². The molecule has 0 radical (unpaired) electrons. The lowest BCUT2D eigenvalue weighted by Crippen LogP contribution is -2.36. The summed E-state index contributed by atoms with van der Waals surface area (Å²) in [4.78, 5) is 11.2. The normalized spacial score (nSPS) is 21.7. The molecule has 2 aliphatic rings. The Kier molecular flexibility index (Phi) is 3.39. The highest BCUT2D eigenvalue weighted by molar-refractivity contribution is 14.1. The van der Waals surface area contributed by atoms with Crippen molar-refractivity contribution in [1.82, 2.24) is 19.4 Å². The van der Waals surface area contributed by atoms with Crippen molar-refractivity contribution in [3.05, 3.63) is 21.2 Å². The van der Waals surface area contributed by atoms with Crippen LogP contribution >= 0.6 is 34.2 Å². The lowest BCUT2D eigenvalue weighted by molar-refractivity contribution is 0.180. The summed E-state index contributed by atoms with van der Waals surface area (Å²) in [7, 11) is 0. The van der Waals surface area contributed by atoms with Gasteiger partial charge < -0.3 is 9.47 Å². The first-order valence-corrected chi connectivity index (χ1v) is 8.60. The molecule has 106 valence electrons. The van der Waals surface area contributed by atoms with Crippen molar-refractivity contribution >= 4 is 45.2 Å². The molecule has 6 heteroatoms. The van der Waals surface area contributed by atoms with Gasteiger partial charge in [-0.2, -0.15) is 0 Å². The molecule has 20 heavy (non-hydrogen) atoms. The average Bonchev–Trinajstić information content (AvgIpc) is 3.24. The maximum atomic E-state index is 6.21. The van der Waals surface area contributed by atoms with E-state index in [2.05, 4.69) is 48.2 Å². The van der Waals surface area contributed by atoms with E-state index in [4.69, 9.17) is 11.6 Å². The zero-order valence-corrected chi connectivity index (χ0v) is 14.0. The van der Waals surface area contributed by atoms with Gasteiger partial charge in [0, 0.05) is 34.9 Å². The average molecular weight is 403 g/mol. The van der Waals surface area contributed by atoms with Crippen molar-refractivity contribution in [2.75, 3.05) is 13.1 Å². The van der Waals surface area contributed by atoms with Crippen molar-refractivity contribution in [1.29, 1.82) is 0 Å². The van der Waals surface area contributed by atoms with Crippen LogP contribution in [0.5, 0.6) is 0 Å². The first-order chi connectivity index (χ1) is 9.74. The molecule has 2 aromatic heterocycles. The second kappa shape index (κ2) is 5.10. The van der Waals surface area contributed by atoms with Gasteiger partial charge in [-0.15, -0.1) is 0 Å². The molecule has 0 bridgehead atoms. The van der Waals surface area contributed by atoms with Crippen LogP contribution in [-0.4, -0.2) is 38.6 Å². The summed E-state index contributed by atoms with van der Waals surface area (Å²) < 4.78 is 3.46. The van der Waals surface area contributed by atoms with Gasteiger partial charge in [0.05, 0.1) is 5.39 Å². The number of hydrogen-bond donors (Lipinski definition) is 0. The third-order valence-corrected chi connectivity index (χ3v) is 5.58. The van der Waals surface area contributed by atoms with Gasteiger partial charge in [-0.3, -0.25) is 0 Å². The Morgan fingerprint density at radius 1 is 1.10 bits per heavy atom. The van der Waals surface area contributed by atoms with E-state index >= 15 is 0 Å². The number of aromatic nitrogens is 3. The number of hydrogen-bond acceptors (Lipinski definition) is 3. The number of halogens is 2. The molecule has 1 saturated heterocycles. The monoisotopic (exact) mass is 402 g/mol. The molecule has 2 fully saturated rings. The smallest absolute Gasteiger partial charge is 0.146 e. The molecule has 0 atom stereocenters. The Labute approximate surface area is 136 Å². The van der Waals surface area contributed by atoms with Crippen LogP contribution in [0, 0.1) is 3.57 Å². The molecule has 4 nitrogen and oxygen atoms in total. The van der Waals surface area contributed by atoms with Gasteiger partial charge in [-0.05, 0) is 48.3 Å². The van der Waals surface area contributed by atoms with E-state index in [9.17, 15) is 0 Å². The third-order valence-electron chi connectivity index (χ3n) is 4.47. The fraction of sp³-hybridized carbons (Fsp3) is 0.571. The zero-order valence-electron chi connectivity index (χ0n) is 11.1. The number of rotatable bonds is 2. The van der Waals surface area contributed by atoms with E-state index < -0.39 is 0 Å². The fourth-order valence-electron chi connectivity index (χ4n) is 3.25. The predicted octanol–water partition coefficient (Wildman–Crippen LogP) is 3.49. The van der Waals surface area contributed by atoms with Crippen LogP contribution in [0.15, 0.2) is 12.5 Å². The number of piperidine rings is 1. The summed E-state index contributed by atoms with van der Waals surface area (Å²) in [5, 5.41) is 1.56. The number of nitrogens with zero attached hydrogens (tertiary/aromatic N) is 4. The van der Waals surface area contributed by atoms with Crippen molar-refractivity contribution in [2.24, 2.45) is 0 Å². The minimum absolute atomic E-state index is 0.544. The number of fused-ring (bicyclic) bond motifs is 1. The first-order valence-electron chi connectivity index (χ1n) is 7.14. The van der Waals surface area contributed by atoms with Crippen molar-refractivity contribution in [3.8, 4) is 0 Å². The Morgan fingerprint density at radius 3 is 2.55 bits per heavy atom. The van der Waals surface area contributed by atoms with Gasteiger partial charge in [-0.25, -0.2) is 9.97 Å². The number of likely N-dealkylation sites (tertiary alicyclic amines) is 1. The summed E-state index contributed by atoms with van der Waals surface area (Å²) in [5.41, 5.74) is 0.985. The van der Waals surface area contributed by atoms with Crippen LogP contribution in [0.2, 0.25) is 5.15 Å². The van der Waals surface area contributed by atoms with E-state index in [1.165, 1.54) is 38.8 Å². The molecule has 3 heterocycles. The molecule has 1 aliphatic heterocycles. The zero-order chi connectivity index (χ0) is 13.7. The second-order valence-electron chi connectivity index (χ2n) is 5.75. The van der Waals surface area contributed by atoms with Crippen LogP contribution in [-0.2, 0) is 0 Å². The second-order valence-corrected chi connectivity index (χ2v) is 7.27. The molecule has 1 aliphatic carbocycles. The molecular formula is C14H16ClIN4. The highest BCUT2D eigenvalue weighted by atomic mass is 127. The molecule has 0 unspecified atom stereocenters. The van der Waals surface area contributed by atoms with E-state index in [1.54, 1.807) is 6.33 Å². The SMILES string of the molecule is Clc1ncnc2c1c(I)cn2C1CCN(C2CC2)CC1. The summed E-state index contributed by atoms with van der Waals surface area (Å²) in [6.45, 7) is 2.43. The summed E-state index contributed by atoms with van der Waals surface area (Å²) in [6, 6.07) is 1.43. The van der Waals surface area contributed by atoms with Crippen molar-refractivity contribution in [3.63, 3.8) is 0 Å². The van der Waals surface area contributed by atoms with Gasteiger partial charge >= 0.3 is 0 Å². The Hall–Kier alpha value is -0.400. The van der Waals surface area contributed by atoms with Gasteiger partial charge in [-0.1, -0.05) is 11.6 Å². The molecule has 0 N–H and O–H groups in total. The van der Waals surface area contributed by atoms with Crippen LogP contribution in [0.4, 0.5) is 0 Å². The van der Waals surface area contributed by atoms with Crippen molar-refractivity contribution in [2.45, 2.75) is 37.8 Å². The predicted molar refractivity (Wildman–Crippen MR) is 88.1 cm³/mol. The first kappa shape index (κ1) is 13.3. The highest BCUT2D eigenvalue weighted by Crippen LogP contribution is 2.35.